The van der Waals surface area contributed by atoms with Gasteiger partial charge in [0.1, 0.15) is 0 Å². The van der Waals surface area contributed by atoms with Crippen LogP contribution in [0.4, 0.5) is 0 Å². The van der Waals surface area contributed by atoms with Gasteiger partial charge in [-0.25, -0.2) is 0 Å². The van der Waals surface area contributed by atoms with Crippen LogP contribution in [0.1, 0.15) is 43.2 Å². The lowest BCUT2D eigenvalue weighted by Crippen LogP contribution is -2.10. The molecule has 0 aliphatic heterocycles. The molecule has 16 heavy (non-hydrogen) atoms. The average Bonchev–Trinajstić information content (AvgIpc) is 2.31. The summed E-state index contributed by atoms with van der Waals surface area (Å²) in [5.41, 5.74) is 2.94. The smallest absolute Gasteiger partial charge is 0.0202 e. The van der Waals surface area contributed by atoms with Crippen LogP contribution in [-0.2, 0) is 13.0 Å². The summed E-state index contributed by atoms with van der Waals surface area (Å²) in [6.07, 6.45) is 8.52. The first-order chi connectivity index (χ1) is 7.88. The van der Waals surface area contributed by atoms with Crippen molar-refractivity contribution in [2.75, 3.05) is 7.05 Å². The van der Waals surface area contributed by atoms with Gasteiger partial charge in [-0.15, -0.1) is 0 Å². The molecule has 1 aromatic carbocycles. The van der Waals surface area contributed by atoms with Crippen molar-refractivity contribution in [2.24, 2.45) is 5.92 Å². The van der Waals surface area contributed by atoms with E-state index >= 15 is 0 Å². The quantitative estimate of drug-likeness (QED) is 0.813. The Hall–Kier alpha value is -0.820. The van der Waals surface area contributed by atoms with Crippen LogP contribution in [0.5, 0.6) is 0 Å². The molecule has 0 aromatic heterocycles. The van der Waals surface area contributed by atoms with E-state index in [0.29, 0.717) is 0 Å². The minimum atomic E-state index is 0.943. The van der Waals surface area contributed by atoms with Gasteiger partial charge in [0.2, 0.25) is 0 Å². The Labute approximate surface area is 99.3 Å². The third kappa shape index (κ3) is 3.34. The van der Waals surface area contributed by atoms with E-state index in [1.165, 1.54) is 49.7 Å². The van der Waals surface area contributed by atoms with Crippen molar-refractivity contribution in [1.82, 2.24) is 5.32 Å². The van der Waals surface area contributed by atoms with Crippen molar-refractivity contribution in [3.63, 3.8) is 0 Å². The molecule has 0 amide bonds. The zero-order valence-electron chi connectivity index (χ0n) is 10.3. The predicted molar refractivity (Wildman–Crippen MR) is 69.5 cm³/mol. The highest BCUT2D eigenvalue weighted by Crippen LogP contribution is 2.26. The molecule has 0 radical (unpaired) electrons. The van der Waals surface area contributed by atoms with E-state index in [4.69, 9.17) is 0 Å². The van der Waals surface area contributed by atoms with Gasteiger partial charge in [-0.2, -0.15) is 0 Å². The van der Waals surface area contributed by atoms with E-state index in [1.54, 1.807) is 0 Å². The fourth-order valence-electron chi connectivity index (χ4n) is 2.80. The first-order valence-corrected chi connectivity index (χ1v) is 6.61. The summed E-state index contributed by atoms with van der Waals surface area (Å²) in [5.74, 6) is 0.943. The highest BCUT2D eigenvalue weighted by Gasteiger charge is 2.13. The van der Waals surface area contributed by atoms with E-state index in [9.17, 15) is 0 Å². The van der Waals surface area contributed by atoms with Crippen LogP contribution in [0.25, 0.3) is 0 Å². The second-order valence-electron chi connectivity index (χ2n) is 5.06. The van der Waals surface area contributed by atoms with Crippen molar-refractivity contribution in [3.05, 3.63) is 35.4 Å². The average molecular weight is 217 g/mol. The molecular weight excluding hydrogens is 194 g/mol. The fourth-order valence-corrected chi connectivity index (χ4v) is 2.80. The summed E-state index contributed by atoms with van der Waals surface area (Å²) >= 11 is 0. The molecule has 2 rings (SSSR count). The summed E-state index contributed by atoms with van der Waals surface area (Å²) in [6, 6.07) is 9.06. The van der Waals surface area contributed by atoms with Crippen LogP contribution in [0.3, 0.4) is 0 Å². The molecule has 1 fully saturated rings. The highest BCUT2D eigenvalue weighted by molar-refractivity contribution is 5.23. The molecule has 0 heterocycles. The molecule has 1 aliphatic carbocycles. The minimum Gasteiger partial charge on any atom is -0.316 e. The number of hydrogen-bond acceptors (Lipinski definition) is 1. The fraction of sp³-hybridized carbons (Fsp3) is 0.600. The van der Waals surface area contributed by atoms with E-state index in [2.05, 4.69) is 29.6 Å². The predicted octanol–water partition coefficient (Wildman–Crippen LogP) is 3.53. The van der Waals surface area contributed by atoms with E-state index in [-0.39, 0.29) is 0 Å². The largest absolute Gasteiger partial charge is 0.316 e. The molecule has 1 aromatic rings. The maximum atomic E-state index is 3.21. The molecule has 0 bridgehead atoms. The first kappa shape index (κ1) is 11.7. The maximum absolute atomic E-state index is 3.21. The molecule has 1 aliphatic rings. The Morgan fingerprint density at radius 2 is 1.88 bits per heavy atom. The van der Waals surface area contributed by atoms with Crippen LogP contribution in [0, 0.1) is 5.92 Å². The van der Waals surface area contributed by atoms with Crippen LogP contribution in [0.15, 0.2) is 24.3 Å². The zero-order valence-corrected chi connectivity index (χ0v) is 10.3. The van der Waals surface area contributed by atoms with Gasteiger partial charge in [-0.1, -0.05) is 56.4 Å². The van der Waals surface area contributed by atoms with Gasteiger partial charge in [0.25, 0.3) is 0 Å². The van der Waals surface area contributed by atoms with Gasteiger partial charge >= 0.3 is 0 Å². The summed E-state index contributed by atoms with van der Waals surface area (Å²) < 4.78 is 0. The Balaban J connectivity index is 1.94. The van der Waals surface area contributed by atoms with Gasteiger partial charge in [0, 0.05) is 6.54 Å². The number of nitrogens with one attached hydrogen (secondary N) is 1. The molecule has 1 N–H and O–H groups in total. The van der Waals surface area contributed by atoms with Crippen molar-refractivity contribution < 1.29 is 0 Å². The van der Waals surface area contributed by atoms with Crippen LogP contribution < -0.4 is 5.32 Å². The van der Waals surface area contributed by atoms with Crippen LogP contribution >= 0.6 is 0 Å². The van der Waals surface area contributed by atoms with E-state index in [0.717, 1.165) is 12.5 Å². The molecule has 1 saturated carbocycles. The molecule has 1 nitrogen and oxygen atoms in total. The molecular formula is C15H23N. The number of hydrogen-bond donors (Lipinski definition) is 1. The van der Waals surface area contributed by atoms with E-state index < -0.39 is 0 Å². The lowest BCUT2D eigenvalue weighted by molar-refractivity contribution is 0.356. The Kier molecular flexibility index (Phi) is 4.41. The van der Waals surface area contributed by atoms with E-state index in [1.807, 2.05) is 7.05 Å². The summed E-state index contributed by atoms with van der Waals surface area (Å²) in [6.45, 7) is 0.985. The second kappa shape index (κ2) is 6.05. The summed E-state index contributed by atoms with van der Waals surface area (Å²) in [7, 11) is 2.01. The van der Waals surface area contributed by atoms with Gasteiger partial charge in [0.05, 0.1) is 0 Å². The Bertz CT molecular complexity index is 313. The van der Waals surface area contributed by atoms with Crippen molar-refractivity contribution in [1.29, 1.82) is 0 Å². The van der Waals surface area contributed by atoms with Crippen molar-refractivity contribution in [3.8, 4) is 0 Å². The maximum Gasteiger partial charge on any atom is 0.0202 e. The Morgan fingerprint density at radius 1 is 1.12 bits per heavy atom. The summed E-state index contributed by atoms with van der Waals surface area (Å²) in [4.78, 5) is 0. The third-order valence-corrected chi connectivity index (χ3v) is 3.62. The molecule has 0 atom stereocenters. The van der Waals surface area contributed by atoms with Crippen LogP contribution in [0.2, 0.25) is 0 Å². The van der Waals surface area contributed by atoms with Gasteiger partial charge in [-0.05, 0) is 30.5 Å². The molecule has 1 heteroatoms. The molecule has 0 spiro atoms. The normalized spacial score (nSPS) is 17.6. The highest BCUT2D eigenvalue weighted by atomic mass is 14.8. The molecule has 0 saturated heterocycles. The topological polar surface area (TPSA) is 12.0 Å². The first-order valence-electron chi connectivity index (χ1n) is 6.61. The SMILES string of the molecule is CNCc1cccc(CC2CCCCC2)c1. The van der Waals surface area contributed by atoms with Gasteiger partial charge in [0.15, 0.2) is 0 Å². The van der Waals surface area contributed by atoms with Crippen LogP contribution in [-0.4, -0.2) is 7.05 Å². The lowest BCUT2D eigenvalue weighted by Gasteiger charge is -2.21. The standard InChI is InChI=1S/C15H23N/c1-16-12-15-9-5-8-14(11-15)10-13-6-3-2-4-7-13/h5,8-9,11,13,16H,2-4,6-7,10,12H2,1H3. The lowest BCUT2D eigenvalue weighted by atomic mass is 9.84. The zero-order chi connectivity index (χ0) is 11.2. The second-order valence-corrected chi connectivity index (χ2v) is 5.06. The van der Waals surface area contributed by atoms with Crippen molar-refractivity contribution in [2.45, 2.75) is 45.1 Å². The third-order valence-electron chi connectivity index (χ3n) is 3.62. The van der Waals surface area contributed by atoms with Crippen molar-refractivity contribution >= 4 is 0 Å². The van der Waals surface area contributed by atoms with Gasteiger partial charge in [-0.3, -0.25) is 0 Å². The van der Waals surface area contributed by atoms with Gasteiger partial charge < -0.3 is 5.32 Å². The summed E-state index contributed by atoms with van der Waals surface area (Å²) in [5, 5.41) is 3.21. The molecule has 0 unspecified atom stereocenters. The number of rotatable bonds is 4. The monoisotopic (exact) mass is 217 g/mol. The number of benzene rings is 1. The molecule has 88 valence electrons. The minimum absolute atomic E-state index is 0.943. The Morgan fingerprint density at radius 3 is 2.62 bits per heavy atom.